The van der Waals surface area contributed by atoms with Crippen LogP contribution >= 0.6 is 0 Å². The van der Waals surface area contributed by atoms with Crippen molar-refractivity contribution >= 4 is 39.6 Å². The van der Waals surface area contributed by atoms with Crippen molar-refractivity contribution < 1.29 is 0 Å². The zero-order valence-corrected chi connectivity index (χ0v) is 18.3. The molecule has 0 bridgehead atoms. The van der Waals surface area contributed by atoms with Gasteiger partial charge in [-0.05, 0) is 77.7 Å². The second kappa shape index (κ2) is 8.19. The van der Waals surface area contributed by atoms with Crippen LogP contribution in [0.3, 0.4) is 0 Å². The van der Waals surface area contributed by atoms with Crippen molar-refractivity contribution in [2.45, 2.75) is 19.0 Å². The summed E-state index contributed by atoms with van der Waals surface area (Å²) in [5.41, 5.74) is 6.52. The molecule has 3 N–H and O–H groups in total. The second-order valence-corrected chi connectivity index (χ2v) is 8.59. The Morgan fingerprint density at radius 2 is 1.61 bits per heavy atom. The molecule has 1 aliphatic rings. The fourth-order valence-corrected chi connectivity index (χ4v) is 4.77. The topological polar surface area (TPSA) is 65.1 Å². The number of nitrogens with zero attached hydrogens (tertiary/aromatic N) is 2. The first-order valence-electron chi connectivity index (χ1n) is 11.3. The smallest absolute Gasteiger partial charge is 0.0924 e. The van der Waals surface area contributed by atoms with E-state index in [1.54, 1.807) is 6.33 Å². The zero-order valence-electron chi connectivity index (χ0n) is 18.3. The van der Waals surface area contributed by atoms with Gasteiger partial charge in [0, 0.05) is 10.9 Å². The van der Waals surface area contributed by atoms with Gasteiger partial charge in [0.05, 0.1) is 35.8 Å². The Bertz CT molecular complexity index is 1460. The van der Waals surface area contributed by atoms with Gasteiger partial charge in [0.1, 0.15) is 0 Å². The molecular formula is C28H25N5. The maximum absolute atomic E-state index is 4.26. The molecule has 1 unspecified atom stereocenters. The summed E-state index contributed by atoms with van der Waals surface area (Å²) in [6, 6.07) is 24.0. The summed E-state index contributed by atoms with van der Waals surface area (Å²) >= 11 is 0. The van der Waals surface area contributed by atoms with Gasteiger partial charge in [-0.1, -0.05) is 42.5 Å². The van der Waals surface area contributed by atoms with Crippen LogP contribution in [0.4, 0.5) is 11.4 Å². The standard InChI is InChI=1S/C28H25N5/c1-29-25-11-9-22-14-21(8-10-24(22)28(25)33-27-3-2-12-31-27)18-4-5-20-15-23(7-6-19(20)13-18)26-16-30-17-32-26/h4-11,13-17,27,31,33H,1-3,12H2,(H,30,32). The van der Waals surface area contributed by atoms with Crippen LogP contribution < -0.4 is 10.6 Å². The number of H-pyrrole nitrogens is 1. The number of rotatable bonds is 5. The molecule has 1 fully saturated rings. The van der Waals surface area contributed by atoms with E-state index in [2.05, 4.69) is 93.0 Å². The van der Waals surface area contributed by atoms with Crippen molar-refractivity contribution in [2.24, 2.45) is 4.99 Å². The fraction of sp³-hybridized carbons (Fsp3) is 0.143. The Kier molecular flexibility index (Phi) is 4.89. The van der Waals surface area contributed by atoms with E-state index < -0.39 is 0 Å². The molecule has 1 saturated heterocycles. The molecule has 0 spiro atoms. The van der Waals surface area contributed by atoms with Gasteiger partial charge < -0.3 is 10.3 Å². The summed E-state index contributed by atoms with van der Waals surface area (Å²) in [6.45, 7) is 4.82. The first-order chi connectivity index (χ1) is 16.3. The minimum absolute atomic E-state index is 0.280. The Hall–Kier alpha value is -3.96. The molecule has 162 valence electrons. The molecule has 0 amide bonds. The van der Waals surface area contributed by atoms with Crippen molar-refractivity contribution in [3.8, 4) is 22.4 Å². The molecular weight excluding hydrogens is 406 g/mol. The lowest BCUT2D eigenvalue weighted by Crippen LogP contribution is -2.29. The van der Waals surface area contributed by atoms with Crippen molar-refractivity contribution in [3.05, 3.63) is 79.3 Å². The molecule has 1 atom stereocenters. The lowest BCUT2D eigenvalue weighted by atomic mass is 9.97. The van der Waals surface area contributed by atoms with Gasteiger partial charge in [-0.3, -0.25) is 10.3 Å². The van der Waals surface area contributed by atoms with Crippen LogP contribution in [0, 0.1) is 0 Å². The third-order valence-electron chi connectivity index (χ3n) is 6.53. The zero-order chi connectivity index (χ0) is 22.2. The molecule has 0 aliphatic carbocycles. The molecule has 4 aromatic carbocycles. The van der Waals surface area contributed by atoms with E-state index >= 15 is 0 Å². The van der Waals surface area contributed by atoms with E-state index in [0.29, 0.717) is 0 Å². The Morgan fingerprint density at radius 1 is 0.879 bits per heavy atom. The van der Waals surface area contributed by atoms with Crippen LogP contribution in [-0.4, -0.2) is 29.4 Å². The van der Waals surface area contributed by atoms with E-state index in [4.69, 9.17) is 0 Å². The Morgan fingerprint density at radius 3 is 2.33 bits per heavy atom. The molecule has 2 heterocycles. The normalized spacial score (nSPS) is 15.8. The SMILES string of the molecule is C=Nc1ccc2cc(-c3ccc4cc(-c5cnc[nH]5)ccc4c3)ccc2c1NC1CCCN1. The molecule has 0 radical (unpaired) electrons. The molecule has 5 nitrogen and oxygen atoms in total. The number of hydrogen-bond acceptors (Lipinski definition) is 4. The van der Waals surface area contributed by atoms with Crippen LogP contribution in [-0.2, 0) is 0 Å². The maximum atomic E-state index is 4.26. The monoisotopic (exact) mass is 431 g/mol. The van der Waals surface area contributed by atoms with Crippen LogP contribution in [0.2, 0.25) is 0 Å². The van der Waals surface area contributed by atoms with Crippen molar-refractivity contribution in [1.82, 2.24) is 15.3 Å². The van der Waals surface area contributed by atoms with Crippen LogP contribution in [0.5, 0.6) is 0 Å². The van der Waals surface area contributed by atoms with Crippen molar-refractivity contribution in [3.63, 3.8) is 0 Å². The number of benzene rings is 4. The molecule has 6 rings (SSSR count). The minimum atomic E-state index is 0.280. The van der Waals surface area contributed by atoms with E-state index in [1.165, 1.54) is 39.1 Å². The lowest BCUT2D eigenvalue weighted by Gasteiger charge is -2.18. The van der Waals surface area contributed by atoms with Crippen molar-refractivity contribution in [2.75, 3.05) is 11.9 Å². The third kappa shape index (κ3) is 3.66. The minimum Gasteiger partial charge on any atom is -0.368 e. The number of anilines is 1. The maximum Gasteiger partial charge on any atom is 0.0924 e. The van der Waals surface area contributed by atoms with E-state index in [1.807, 2.05) is 12.3 Å². The molecule has 33 heavy (non-hydrogen) atoms. The molecule has 0 saturated carbocycles. The average Bonchev–Trinajstić information content (AvgIpc) is 3.58. The van der Waals surface area contributed by atoms with Gasteiger partial charge in [0.2, 0.25) is 0 Å². The first-order valence-corrected chi connectivity index (χ1v) is 11.3. The number of aromatic nitrogens is 2. The number of hydrogen-bond donors (Lipinski definition) is 3. The van der Waals surface area contributed by atoms with Gasteiger partial charge in [-0.25, -0.2) is 4.98 Å². The number of imidazole rings is 1. The van der Waals surface area contributed by atoms with Gasteiger partial charge >= 0.3 is 0 Å². The number of nitrogens with one attached hydrogen (secondary N) is 3. The quantitative estimate of drug-likeness (QED) is 0.278. The highest BCUT2D eigenvalue weighted by Crippen LogP contribution is 2.37. The number of aliphatic imine (C=N–C) groups is 1. The predicted octanol–water partition coefficient (Wildman–Crippen LogP) is 6.50. The predicted molar refractivity (Wildman–Crippen MR) is 138 cm³/mol. The average molecular weight is 432 g/mol. The Labute approximate surface area is 192 Å². The third-order valence-corrected chi connectivity index (χ3v) is 6.53. The van der Waals surface area contributed by atoms with Crippen LogP contribution in [0.15, 0.2) is 84.2 Å². The molecule has 5 aromatic rings. The molecule has 1 aliphatic heterocycles. The molecule has 5 heteroatoms. The van der Waals surface area contributed by atoms with Gasteiger partial charge in [-0.15, -0.1) is 0 Å². The van der Waals surface area contributed by atoms with Crippen molar-refractivity contribution in [1.29, 1.82) is 0 Å². The molecule has 1 aromatic heterocycles. The second-order valence-electron chi connectivity index (χ2n) is 8.59. The lowest BCUT2D eigenvalue weighted by molar-refractivity contribution is 0.680. The van der Waals surface area contributed by atoms with Crippen LogP contribution in [0.25, 0.3) is 43.9 Å². The van der Waals surface area contributed by atoms with E-state index in [9.17, 15) is 0 Å². The summed E-state index contributed by atoms with van der Waals surface area (Å²) in [4.78, 5) is 11.6. The largest absolute Gasteiger partial charge is 0.368 e. The van der Waals surface area contributed by atoms with Gasteiger partial charge in [-0.2, -0.15) is 0 Å². The van der Waals surface area contributed by atoms with Crippen LogP contribution in [0.1, 0.15) is 12.8 Å². The highest BCUT2D eigenvalue weighted by molar-refractivity contribution is 6.02. The van der Waals surface area contributed by atoms with E-state index in [0.717, 1.165) is 35.6 Å². The number of aromatic amines is 1. The van der Waals surface area contributed by atoms with E-state index in [-0.39, 0.29) is 6.17 Å². The first kappa shape index (κ1) is 19.7. The summed E-state index contributed by atoms with van der Waals surface area (Å²) in [7, 11) is 0. The highest BCUT2D eigenvalue weighted by Gasteiger charge is 2.17. The van der Waals surface area contributed by atoms with Gasteiger partial charge in [0.25, 0.3) is 0 Å². The Balaban J connectivity index is 1.38. The fourth-order valence-electron chi connectivity index (χ4n) is 4.77. The summed E-state index contributed by atoms with van der Waals surface area (Å²) in [5.74, 6) is 0. The number of fused-ring (bicyclic) bond motifs is 2. The highest BCUT2D eigenvalue weighted by atomic mass is 15.1. The summed E-state index contributed by atoms with van der Waals surface area (Å²) in [6.07, 6.45) is 6.15. The summed E-state index contributed by atoms with van der Waals surface area (Å²) in [5, 5.41) is 12.0. The summed E-state index contributed by atoms with van der Waals surface area (Å²) < 4.78 is 0. The van der Waals surface area contributed by atoms with Gasteiger partial charge in [0.15, 0.2) is 0 Å².